The smallest absolute Gasteiger partial charge is 0.227 e. The van der Waals surface area contributed by atoms with E-state index in [1.165, 1.54) is 12.3 Å². The molecule has 5 heteroatoms. The number of ether oxygens (including phenoxy) is 2. The highest BCUT2D eigenvalue weighted by Gasteiger charge is 2.06. The maximum absolute atomic E-state index is 12.0. The van der Waals surface area contributed by atoms with Gasteiger partial charge in [-0.25, -0.2) is 0 Å². The summed E-state index contributed by atoms with van der Waals surface area (Å²) in [5.74, 6) is 1.21. The van der Waals surface area contributed by atoms with Crippen molar-refractivity contribution in [3.05, 3.63) is 88.7 Å². The fourth-order valence-electron chi connectivity index (χ4n) is 1.94. The average Bonchev–Trinajstić information content (AvgIpc) is 2.61. The van der Waals surface area contributed by atoms with E-state index in [4.69, 9.17) is 13.9 Å². The molecule has 23 heavy (non-hydrogen) atoms. The lowest BCUT2D eigenvalue weighted by atomic mass is 10.2. The van der Waals surface area contributed by atoms with Crippen LogP contribution in [-0.4, -0.2) is 4.98 Å². The molecule has 0 saturated heterocycles. The van der Waals surface area contributed by atoms with Crippen molar-refractivity contribution in [3.63, 3.8) is 0 Å². The average molecular weight is 309 g/mol. The Labute approximate surface area is 133 Å². The summed E-state index contributed by atoms with van der Waals surface area (Å²) < 4.78 is 16.3. The van der Waals surface area contributed by atoms with Crippen molar-refractivity contribution >= 4 is 0 Å². The second kappa shape index (κ2) is 7.26. The summed E-state index contributed by atoms with van der Waals surface area (Å²) in [5, 5.41) is 0. The van der Waals surface area contributed by atoms with Crippen LogP contribution in [0, 0.1) is 0 Å². The Morgan fingerprint density at radius 1 is 1.00 bits per heavy atom. The Kier molecular flexibility index (Phi) is 4.69. The second-order valence-corrected chi connectivity index (χ2v) is 4.83. The molecule has 0 unspecified atom stereocenters. The Balaban J connectivity index is 1.60. The molecule has 3 aromatic rings. The van der Waals surface area contributed by atoms with Crippen molar-refractivity contribution in [1.29, 1.82) is 0 Å². The first-order valence-corrected chi connectivity index (χ1v) is 7.12. The molecule has 0 aliphatic carbocycles. The highest BCUT2D eigenvalue weighted by molar-refractivity contribution is 5.20. The van der Waals surface area contributed by atoms with E-state index in [9.17, 15) is 4.79 Å². The molecule has 0 amide bonds. The number of benzene rings is 1. The van der Waals surface area contributed by atoms with Gasteiger partial charge in [0, 0.05) is 12.3 Å². The van der Waals surface area contributed by atoms with Gasteiger partial charge in [-0.3, -0.25) is 9.78 Å². The van der Waals surface area contributed by atoms with Crippen LogP contribution in [0.5, 0.6) is 11.5 Å². The summed E-state index contributed by atoms with van der Waals surface area (Å²) >= 11 is 0. The lowest BCUT2D eigenvalue weighted by Gasteiger charge is -2.07. The molecule has 0 N–H and O–H groups in total. The van der Waals surface area contributed by atoms with Gasteiger partial charge in [0.1, 0.15) is 31.0 Å². The molecular formula is C18H15NO4. The third-order valence-corrected chi connectivity index (χ3v) is 3.10. The van der Waals surface area contributed by atoms with Crippen LogP contribution in [0.1, 0.15) is 11.3 Å². The van der Waals surface area contributed by atoms with Gasteiger partial charge >= 0.3 is 0 Å². The highest BCUT2D eigenvalue weighted by Crippen LogP contribution is 2.12. The minimum absolute atomic E-state index is 0.153. The third kappa shape index (κ3) is 4.20. The van der Waals surface area contributed by atoms with Gasteiger partial charge in [-0.2, -0.15) is 0 Å². The van der Waals surface area contributed by atoms with Gasteiger partial charge in [0.05, 0.1) is 6.20 Å². The van der Waals surface area contributed by atoms with E-state index in [0.717, 1.165) is 5.56 Å². The van der Waals surface area contributed by atoms with Gasteiger partial charge in [-0.1, -0.05) is 30.3 Å². The molecule has 0 aliphatic rings. The Morgan fingerprint density at radius 3 is 2.61 bits per heavy atom. The fourth-order valence-corrected chi connectivity index (χ4v) is 1.94. The Morgan fingerprint density at radius 2 is 1.87 bits per heavy atom. The predicted octanol–water partition coefficient (Wildman–Crippen LogP) is 3.19. The van der Waals surface area contributed by atoms with Gasteiger partial charge in [0.2, 0.25) is 11.2 Å². The van der Waals surface area contributed by atoms with Crippen LogP contribution in [0.4, 0.5) is 0 Å². The predicted molar refractivity (Wildman–Crippen MR) is 84.3 cm³/mol. The topological polar surface area (TPSA) is 61.6 Å². The van der Waals surface area contributed by atoms with E-state index < -0.39 is 0 Å². The van der Waals surface area contributed by atoms with Crippen molar-refractivity contribution in [1.82, 2.24) is 4.98 Å². The zero-order valence-electron chi connectivity index (χ0n) is 12.3. The molecule has 116 valence electrons. The number of rotatable bonds is 6. The maximum Gasteiger partial charge on any atom is 0.227 e. The largest absolute Gasteiger partial charge is 0.484 e. The van der Waals surface area contributed by atoms with Crippen LogP contribution in [0.2, 0.25) is 0 Å². The first-order chi connectivity index (χ1) is 11.3. The molecule has 0 saturated carbocycles. The lowest BCUT2D eigenvalue weighted by Crippen LogP contribution is -2.09. The fraction of sp³-hybridized carbons (Fsp3) is 0.111. The SMILES string of the molecule is O=c1cc(COc2cccnc2)occ1OCc1ccccc1. The van der Waals surface area contributed by atoms with E-state index in [1.807, 2.05) is 30.3 Å². The van der Waals surface area contributed by atoms with Crippen molar-refractivity contribution in [2.45, 2.75) is 13.2 Å². The van der Waals surface area contributed by atoms with Gasteiger partial charge in [-0.15, -0.1) is 0 Å². The van der Waals surface area contributed by atoms with E-state index in [0.29, 0.717) is 18.1 Å². The Hall–Kier alpha value is -3.08. The summed E-state index contributed by atoms with van der Waals surface area (Å²) in [6, 6.07) is 14.5. The molecule has 5 nitrogen and oxygen atoms in total. The van der Waals surface area contributed by atoms with Crippen LogP contribution in [-0.2, 0) is 13.2 Å². The minimum atomic E-state index is -0.239. The lowest BCUT2D eigenvalue weighted by molar-refractivity contribution is 0.253. The van der Waals surface area contributed by atoms with E-state index >= 15 is 0 Å². The minimum Gasteiger partial charge on any atom is -0.484 e. The Bertz CT molecular complexity index is 800. The maximum atomic E-state index is 12.0. The van der Waals surface area contributed by atoms with Crippen molar-refractivity contribution < 1.29 is 13.9 Å². The molecular weight excluding hydrogens is 294 g/mol. The molecule has 2 aromatic heterocycles. The molecule has 0 radical (unpaired) electrons. The van der Waals surface area contributed by atoms with Gasteiger partial charge in [-0.05, 0) is 17.7 Å². The first kappa shape index (κ1) is 14.8. The van der Waals surface area contributed by atoms with E-state index in [2.05, 4.69) is 4.98 Å². The zero-order chi connectivity index (χ0) is 15.9. The molecule has 1 aromatic carbocycles. The van der Waals surface area contributed by atoms with Gasteiger partial charge in [0.15, 0.2) is 0 Å². The summed E-state index contributed by atoms with van der Waals surface area (Å²) in [7, 11) is 0. The number of aromatic nitrogens is 1. The third-order valence-electron chi connectivity index (χ3n) is 3.10. The van der Waals surface area contributed by atoms with Crippen molar-refractivity contribution in [2.24, 2.45) is 0 Å². The summed E-state index contributed by atoms with van der Waals surface area (Å²) in [6.45, 7) is 0.469. The van der Waals surface area contributed by atoms with Crippen LogP contribution in [0.25, 0.3) is 0 Å². The first-order valence-electron chi connectivity index (χ1n) is 7.12. The van der Waals surface area contributed by atoms with Crippen molar-refractivity contribution in [3.8, 4) is 11.5 Å². The number of nitrogens with zero attached hydrogens (tertiary/aromatic N) is 1. The quantitative estimate of drug-likeness (QED) is 0.700. The monoisotopic (exact) mass is 309 g/mol. The molecule has 2 heterocycles. The summed E-state index contributed by atoms with van der Waals surface area (Å²) in [6.07, 6.45) is 4.56. The van der Waals surface area contributed by atoms with Crippen LogP contribution < -0.4 is 14.9 Å². The van der Waals surface area contributed by atoms with Crippen LogP contribution in [0.15, 0.2) is 76.4 Å². The number of hydrogen-bond acceptors (Lipinski definition) is 5. The normalized spacial score (nSPS) is 10.3. The zero-order valence-corrected chi connectivity index (χ0v) is 12.3. The number of hydrogen-bond donors (Lipinski definition) is 0. The van der Waals surface area contributed by atoms with Crippen LogP contribution >= 0.6 is 0 Å². The van der Waals surface area contributed by atoms with E-state index in [-0.39, 0.29) is 17.8 Å². The molecule has 0 aliphatic heterocycles. The van der Waals surface area contributed by atoms with Gasteiger partial charge in [0.25, 0.3) is 0 Å². The van der Waals surface area contributed by atoms with E-state index in [1.54, 1.807) is 24.5 Å². The molecule has 0 fully saturated rings. The summed E-state index contributed by atoms with van der Waals surface area (Å²) in [4.78, 5) is 16.0. The molecule has 0 atom stereocenters. The summed E-state index contributed by atoms with van der Waals surface area (Å²) in [5.41, 5.74) is 0.743. The van der Waals surface area contributed by atoms with Crippen LogP contribution in [0.3, 0.4) is 0 Å². The highest BCUT2D eigenvalue weighted by atomic mass is 16.5. The van der Waals surface area contributed by atoms with Gasteiger partial charge < -0.3 is 13.9 Å². The molecule has 0 bridgehead atoms. The van der Waals surface area contributed by atoms with Crippen molar-refractivity contribution in [2.75, 3.05) is 0 Å². The molecule has 3 rings (SSSR count). The standard InChI is InChI=1S/C18H15NO4/c20-17-9-16(12-21-15-7-4-8-19-10-15)22-13-18(17)23-11-14-5-2-1-3-6-14/h1-10,13H,11-12H2. The molecule has 0 spiro atoms. The second-order valence-electron chi connectivity index (χ2n) is 4.83. The number of pyridine rings is 1.